The van der Waals surface area contributed by atoms with Crippen molar-refractivity contribution in [2.45, 2.75) is 4.90 Å². The molecular weight excluding hydrogens is 276 g/mol. The van der Waals surface area contributed by atoms with Crippen LogP contribution in [0.1, 0.15) is 0 Å². The molecule has 0 aliphatic heterocycles. The zero-order valence-electron chi connectivity index (χ0n) is 10.5. The highest BCUT2D eigenvalue weighted by Gasteiger charge is 2.11. The molecule has 2 heterocycles. The largest absolute Gasteiger partial charge is 0.323 e. The van der Waals surface area contributed by atoms with Gasteiger partial charge in [-0.1, -0.05) is 12.1 Å². The van der Waals surface area contributed by atoms with Crippen LogP contribution in [0.3, 0.4) is 0 Å². The first kappa shape index (κ1) is 12.6. The van der Waals surface area contributed by atoms with E-state index in [1.165, 1.54) is 17.2 Å². The lowest BCUT2D eigenvalue weighted by Crippen LogP contribution is -1.88. The maximum absolute atomic E-state index is 10.7. The van der Waals surface area contributed by atoms with E-state index < -0.39 is 4.92 Å². The second kappa shape index (κ2) is 4.93. The average Bonchev–Trinajstić information content (AvgIpc) is 2.90. The van der Waals surface area contributed by atoms with Crippen LogP contribution < -0.4 is 0 Å². The summed E-state index contributed by atoms with van der Waals surface area (Å²) in [6.45, 7) is 0. The van der Waals surface area contributed by atoms with Gasteiger partial charge >= 0.3 is 0 Å². The first-order valence-corrected chi connectivity index (χ1v) is 7.04. The van der Waals surface area contributed by atoms with Gasteiger partial charge in [0, 0.05) is 16.5 Å². The van der Waals surface area contributed by atoms with E-state index in [4.69, 9.17) is 0 Å². The van der Waals surface area contributed by atoms with E-state index in [1.54, 1.807) is 11.8 Å². The number of fused-ring (bicyclic) bond motifs is 1. The van der Waals surface area contributed by atoms with Gasteiger partial charge < -0.3 is 4.98 Å². The molecule has 7 heteroatoms. The summed E-state index contributed by atoms with van der Waals surface area (Å²) < 4.78 is 0. The minimum absolute atomic E-state index is 0.0618. The second-order valence-corrected chi connectivity index (χ2v) is 5.01. The molecule has 1 aromatic carbocycles. The Hall–Kier alpha value is -2.41. The Morgan fingerprint density at radius 2 is 2.05 bits per heavy atom. The molecule has 6 nitrogen and oxygen atoms in total. The van der Waals surface area contributed by atoms with Crippen molar-refractivity contribution in [2.24, 2.45) is 0 Å². The smallest absolute Gasteiger partial charge is 0.289 e. The fourth-order valence-corrected chi connectivity index (χ4v) is 2.28. The van der Waals surface area contributed by atoms with E-state index in [2.05, 4.69) is 15.0 Å². The minimum atomic E-state index is -0.478. The van der Waals surface area contributed by atoms with E-state index in [9.17, 15) is 10.1 Å². The van der Waals surface area contributed by atoms with Gasteiger partial charge in [0.2, 0.25) is 0 Å². The van der Waals surface area contributed by atoms with Gasteiger partial charge in [-0.05, 0) is 18.4 Å². The first-order valence-electron chi connectivity index (χ1n) is 5.82. The van der Waals surface area contributed by atoms with E-state index in [-0.39, 0.29) is 5.69 Å². The Bertz CT molecular complexity index is 783. The zero-order chi connectivity index (χ0) is 14.1. The SMILES string of the molecule is CSc1ccc(-c2nc3cc([N+](=O)[O-])cnc3[nH]2)cc1. The number of hydrogen-bond donors (Lipinski definition) is 1. The number of thioether (sulfide) groups is 1. The normalized spacial score (nSPS) is 10.8. The number of hydrogen-bond acceptors (Lipinski definition) is 5. The van der Waals surface area contributed by atoms with Crippen molar-refractivity contribution in [1.29, 1.82) is 0 Å². The van der Waals surface area contributed by atoms with Crippen LogP contribution in [0.5, 0.6) is 0 Å². The van der Waals surface area contributed by atoms with Gasteiger partial charge in [-0.3, -0.25) is 10.1 Å². The summed E-state index contributed by atoms with van der Waals surface area (Å²) >= 11 is 1.66. The van der Waals surface area contributed by atoms with Crippen LogP contribution in [0.4, 0.5) is 5.69 Å². The molecule has 0 saturated carbocycles. The quantitative estimate of drug-likeness (QED) is 0.454. The van der Waals surface area contributed by atoms with Crippen LogP contribution in [-0.4, -0.2) is 26.1 Å². The number of H-pyrrole nitrogens is 1. The van der Waals surface area contributed by atoms with Crippen molar-refractivity contribution in [2.75, 3.05) is 6.26 Å². The molecule has 20 heavy (non-hydrogen) atoms. The lowest BCUT2D eigenvalue weighted by atomic mass is 10.2. The van der Waals surface area contributed by atoms with E-state index in [0.717, 1.165) is 5.56 Å². The number of nitrogens with one attached hydrogen (secondary N) is 1. The average molecular weight is 286 g/mol. The molecule has 0 amide bonds. The molecule has 2 aromatic heterocycles. The number of nitrogens with zero attached hydrogens (tertiary/aromatic N) is 3. The number of aromatic nitrogens is 3. The molecule has 0 aliphatic carbocycles. The van der Waals surface area contributed by atoms with Gasteiger partial charge in [-0.25, -0.2) is 9.97 Å². The Labute approximate surface area is 118 Å². The number of benzene rings is 1. The summed E-state index contributed by atoms with van der Waals surface area (Å²) in [6.07, 6.45) is 3.24. The van der Waals surface area contributed by atoms with E-state index in [0.29, 0.717) is 17.0 Å². The molecule has 0 fully saturated rings. The Morgan fingerprint density at radius 1 is 1.30 bits per heavy atom. The maximum Gasteiger partial charge on any atom is 0.289 e. The predicted octanol–water partition coefficient (Wildman–Crippen LogP) is 3.26. The topological polar surface area (TPSA) is 84.7 Å². The lowest BCUT2D eigenvalue weighted by molar-refractivity contribution is -0.385. The van der Waals surface area contributed by atoms with Crippen molar-refractivity contribution < 1.29 is 4.92 Å². The molecule has 100 valence electrons. The van der Waals surface area contributed by atoms with Gasteiger partial charge in [0.25, 0.3) is 5.69 Å². The molecule has 0 aliphatic rings. The lowest BCUT2D eigenvalue weighted by Gasteiger charge is -1.98. The summed E-state index contributed by atoms with van der Waals surface area (Å²) in [5.74, 6) is 0.653. The summed E-state index contributed by atoms with van der Waals surface area (Å²) in [5, 5.41) is 10.7. The Balaban J connectivity index is 2.05. The van der Waals surface area contributed by atoms with Crippen molar-refractivity contribution in [3.05, 3.63) is 46.6 Å². The fourth-order valence-electron chi connectivity index (χ4n) is 1.87. The van der Waals surface area contributed by atoms with Gasteiger partial charge in [0.15, 0.2) is 5.65 Å². The molecule has 3 rings (SSSR count). The van der Waals surface area contributed by atoms with Crippen LogP contribution in [-0.2, 0) is 0 Å². The molecule has 3 aromatic rings. The van der Waals surface area contributed by atoms with Crippen LogP contribution in [0.2, 0.25) is 0 Å². The fraction of sp³-hybridized carbons (Fsp3) is 0.0769. The zero-order valence-corrected chi connectivity index (χ0v) is 11.3. The van der Waals surface area contributed by atoms with Crippen molar-refractivity contribution in [3.63, 3.8) is 0 Å². The van der Waals surface area contributed by atoms with Gasteiger partial charge in [-0.2, -0.15) is 0 Å². The van der Waals surface area contributed by atoms with E-state index in [1.807, 2.05) is 30.5 Å². The highest BCUT2D eigenvalue weighted by molar-refractivity contribution is 7.98. The van der Waals surface area contributed by atoms with Crippen molar-refractivity contribution in [1.82, 2.24) is 15.0 Å². The highest BCUT2D eigenvalue weighted by atomic mass is 32.2. The van der Waals surface area contributed by atoms with Crippen molar-refractivity contribution >= 4 is 28.6 Å². The Kier molecular flexibility index (Phi) is 3.11. The highest BCUT2D eigenvalue weighted by Crippen LogP contribution is 2.24. The molecular formula is C13H10N4O2S. The monoisotopic (exact) mass is 286 g/mol. The summed E-state index contributed by atoms with van der Waals surface area (Å²) in [4.78, 5) is 22.8. The third-order valence-electron chi connectivity index (χ3n) is 2.90. The Morgan fingerprint density at radius 3 is 2.70 bits per heavy atom. The summed E-state index contributed by atoms with van der Waals surface area (Å²) in [7, 11) is 0. The van der Waals surface area contributed by atoms with Crippen LogP contribution >= 0.6 is 11.8 Å². The molecule has 0 radical (unpaired) electrons. The molecule has 0 bridgehead atoms. The standard InChI is InChI=1S/C13H10N4O2S/c1-20-10-4-2-8(3-5-10)12-15-11-6-9(17(18)19)7-14-13(11)16-12/h2-7H,1H3,(H,14,15,16). The van der Waals surface area contributed by atoms with Crippen molar-refractivity contribution in [3.8, 4) is 11.4 Å². The van der Waals surface area contributed by atoms with Crippen LogP contribution in [0.25, 0.3) is 22.6 Å². The van der Waals surface area contributed by atoms with Gasteiger partial charge in [-0.15, -0.1) is 11.8 Å². The number of nitro groups is 1. The minimum Gasteiger partial charge on any atom is -0.323 e. The molecule has 0 saturated heterocycles. The summed E-state index contributed by atoms with van der Waals surface area (Å²) in [5.41, 5.74) is 1.89. The van der Waals surface area contributed by atoms with Crippen LogP contribution in [0.15, 0.2) is 41.4 Å². The van der Waals surface area contributed by atoms with Gasteiger partial charge in [0.1, 0.15) is 17.5 Å². The van der Waals surface area contributed by atoms with Crippen LogP contribution in [0, 0.1) is 10.1 Å². The maximum atomic E-state index is 10.7. The van der Waals surface area contributed by atoms with E-state index >= 15 is 0 Å². The number of imidazole rings is 1. The third kappa shape index (κ3) is 2.23. The van der Waals surface area contributed by atoms with Gasteiger partial charge in [0.05, 0.1) is 4.92 Å². The molecule has 0 atom stereocenters. The number of pyridine rings is 1. The summed E-state index contributed by atoms with van der Waals surface area (Å²) in [6, 6.07) is 9.33. The second-order valence-electron chi connectivity index (χ2n) is 4.13. The first-order chi connectivity index (χ1) is 9.67. The molecule has 0 unspecified atom stereocenters. The number of aromatic amines is 1. The third-order valence-corrected chi connectivity index (χ3v) is 3.64. The molecule has 1 N–H and O–H groups in total. The number of rotatable bonds is 3. The predicted molar refractivity (Wildman–Crippen MR) is 77.8 cm³/mol. The molecule has 0 spiro atoms.